The highest BCUT2D eigenvalue weighted by Gasteiger charge is 2.26. The Balaban J connectivity index is 2.28. The Kier molecular flexibility index (Phi) is 2.02. The highest BCUT2D eigenvalue weighted by Crippen LogP contribution is 2.23. The number of carbonyl (C=O) groups is 1. The van der Waals surface area contributed by atoms with Crippen molar-refractivity contribution in [2.45, 2.75) is 12.3 Å². The molecule has 2 N–H and O–H groups in total. The Morgan fingerprint density at radius 2 is 2.62 bits per heavy atom. The van der Waals surface area contributed by atoms with Gasteiger partial charge in [-0.25, -0.2) is 9.78 Å². The molecule has 5 heteroatoms. The van der Waals surface area contributed by atoms with Gasteiger partial charge in [0.25, 0.3) is 0 Å². The molecule has 1 aliphatic rings. The van der Waals surface area contributed by atoms with Crippen LogP contribution in [0.3, 0.4) is 0 Å². The van der Waals surface area contributed by atoms with Crippen LogP contribution in [0.1, 0.15) is 28.6 Å². The fraction of sp³-hybridized carbons (Fsp3) is 0.500. The summed E-state index contributed by atoms with van der Waals surface area (Å²) < 4.78 is 4.80. The standard InChI is InChI=1S/C8H10N2O3/c11-8(12)7-6(10-4-13-7)5-1-2-9-3-5/h4-5,9H,1-3H2,(H,11,12). The van der Waals surface area contributed by atoms with Crippen molar-refractivity contribution in [2.75, 3.05) is 13.1 Å². The minimum atomic E-state index is -1.04. The number of nitrogens with one attached hydrogen (secondary N) is 1. The summed E-state index contributed by atoms with van der Waals surface area (Å²) in [5, 5.41) is 11.9. The maximum absolute atomic E-state index is 10.7. The first-order valence-electron chi connectivity index (χ1n) is 4.16. The molecule has 2 rings (SSSR count). The highest BCUT2D eigenvalue weighted by atomic mass is 16.4. The zero-order valence-electron chi connectivity index (χ0n) is 6.99. The van der Waals surface area contributed by atoms with Gasteiger partial charge in [0, 0.05) is 12.5 Å². The molecule has 0 saturated carbocycles. The van der Waals surface area contributed by atoms with Gasteiger partial charge in [0.1, 0.15) is 0 Å². The molecule has 0 spiro atoms. The Hall–Kier alpha value is -1.36. The normalized spacial score (nSPS) is 22.0. The Morgan fingerprint density at radius 3 is 3.23 bits per heavy atom. The number of carboxylic acids is 1. The zero-order valence-corrected chi connectivity index (χ0v) is 6.99. The summed E-state index contributed by atoms with van der Waals surface area (Å²) in [7, 11) is 0. The summed E-state index contributed by atoms with van der Waals surface area (Å²) in [6, 6.07) is 0. The van der Waals surface area contributed by atoms with Crippen molar-refractivity contribution in [3.8, 4) is 0 Å². The largest absolute Gasteiger partial charge is 0.475 e. The predicted molar refractivity (Wildman–Crippen MR) is 43.7 cm³/mol. The van der Waals surface area contributed by atoms with E-state index in [9.17, 15) is 4.79 Å². The quantitative estimate of drug-likeness (QED) is 0.694. The average Bonchev–Trinajstić information content (AvgIpc) is 2.74. The van der Waals surface area contributed by atoms with Crippen LogP contribution in [0.15, 0.2) is 10.8 Å². The summed E-state index contributed by atoms with van der Waals surface area (Å²) >= 11 is 0. The van der Waals surface area contributed by atoms with E-state index in [0.717, 1.165) is 19.5 Å². The fourth-order valence-corrected chi connectivity index (χ4v) is 1.59. The molecule has 5 nitrogen and oxygen atoms in total. The second kappa shape index (κ2) is 3.18. The van der Waals surface area contributed by atoms with E-state index in [-0.39, 0.29) is 11.7 Å². The van der Waals surface area contributed by atoms with Crippen LogP contribution in [0.25, 0.3) is 0 Å². The molecule has 13 heavy (non-hydrogen) atoms. The van der Waals surface area contributed by atoms with Crippen molar-refractivity contribution in [3.63, 3.8) is 0 Å². The number of aromatic nitrogens is 1. The van der Waals surface area contributed by atoms with Crippen molar-refractivity contribution < 1.29 is 14.3 Å². The number of hydrogen-bond donors (Lipinski definition) is 2. The van der Waals surface area contributed by atoms with Gasteiger partial charge in [0.2, 0.25) is 5.76 Å². The molecule has 1 saturated heterocycles. The SMILES string of the molecule is O=C(O)c1ocnc1C1CCNC1. The number of carboxylic acid groups (broad SMARTS) is 1. The van der Waals surface area contributed by atoms with E-state index < -0.39 is 5.97 Å². The molecule has 70 valence electrons. The number of hydrogen-bond acceptors (Lipinski definition) is 4. The summed E-state index contributed by atoms with van der Waals surface area (Å²) in [6.45, 7) is 1.70. The lowest BCUT2D eigenvalue weighted by molar-refractivity contribution is 0.0660. The summed E-state index contributed by atoms with van der Waals surface area (Å²) in [5.41, 5.74) is 0.567. The molecular weight excluding hydrogens is 172 g/mol. The van der Waals surface area contributed by atoms with Gasteiger partial charge in [-0.2, -0.15) is 0 Å². The van der Waals surface area contributed by atoms with E-state index in [1.807, 2.05) is 0 Å². The lowest BCUT2D eigenvalue weighted by Crippen LogP contribution is -2.10. The second-order valence-corrected chi connectivity index (χ2v) is 3.06. The molecule has 0 aliphatic carbocycles. The van der Waals surface area contributed by atoms with Crippen LogP contribution in [-0.4, -0.2) is 29.1 Å². The first-order chi connectivity index (χ1) is 6.29. The maximum atomic E-state index is 10.7. The Morgan fingerprint density at radius 1 is 1.77 bits per heavy atom. The van der Waals surface area contributed by atoms with Gasteiger partial charge in [0.15, 0.2) is 6.39 Å². The third kappa shape index (κ3) is 1.42. The van der Waals surface area contributed by atoms with Gasteiger partial charge < -0.3 is 14.8 Å². The van der Waals surface area contributed by atoms with E-state index in [2.05, 4.69) is 10.3 Å². The first-order valence-corrected chi connectivity index (χ1v) is 4.16. The molecule has 0 aromatic carbocycles. The molecule has 1 unspecified atom stereocenters. The molecule has 1 atom stereocenters. The first kappa shape index (κ1) is 8.25. The van der Waals surface area contributed by atoms with Crippen LogP contribution in [-0.2, 0) is 0 Å². The van der Waals surface area contributed by atoms with Crippen LogP contribution in [0.4, 0.5) is 0 Å². The van der Waals surface area contributed by atoms with Gasteiger partial charge in [-0.3, -0.25) is 0 Å². The second-order valence-electron chi connectivity index (χ2n) is 3.06. The maximum Gasteiger partial charge on any atom is 0.373 e. The van der Waals surface area contributed by atoms with Gasteiger partial charge in [0.05, 0.1) is 5.69 Å². The summed E-state index contributed by atoms with van der Waals surface area (Å²) in [4.78, 5) is 14.6. The topological polar surface area (TPSA) is 75.4 Å². The smallest absolute Gasteiger partial charge is 0.373 e. The minimum Gasteiger partial charge on any atom is -0.475 e. The summed E-state index contributed by atoms with van der Waals surface area (Å²) in [6.07, 6.45) is 2.12. The molecular formula is C8H10N2O3. The van der Waals surface area contributed by atoms with Gasteiger partial charge in [-0.05, 0) is 13.0 Å². The van der Waals surface area contributed by atoms with E-state index in [0.29, 0.717) is 5.69 Å². The number of aromatic carboxylic acids is 1. The van der Waals surface area contributed by atoms with Gasteiger partial charge in [-0.15, -0.1) is 0 Å². The van der Waals surface area contributed by atoms with Crippen molar-refractivity contribution in [1.29, 1.82) is 0 Å². The molecule has 2 heterocycles. The van der Waals surface area contributed by atoms with Crippen LogP contribution in [0, 0.1) is 0 Å². The third-order valence-corrected chi connectivity index (χ3v) is 2.24. The highest BCUT2D eigenvalue weighted by molar-refractivity contribution is 5.85. The van der Waals surface area contributed by atoms with Crippen LogP contribution < -0.4 is 5.32 Å². The van der Waals surface area contributed by atoms with Crippen LogP contribution >= 0.6 is 0 Å². The number of rotatable bonds is 2. The Labute approximate surface area is 74.8 Å². The lowest BCUT2D eigenvalue weighted by atomic mass is 10.0. The average molecular weight is 182 g/mol. The van der Waals surface area contributed by atoms with Gasteiger partial charge >= 0.3 is 5.97 Å². The van der Waals surface area contributed by atoms with Crippen molar-refractivity contribution in [1.82, 2.24) is 10.3 Å². The van der Waals surface area contributed by atoms with Gasteiger partial charge in [-0.1, -0.05) is 0 Å². The molecule has 1 fully saturated rings. The van der Waals surface area contributed by atoms with E-state index in [1.165, 1.54) is 6.39 Å². The van der Waals surface area contributed by atoms with E-state index in [4.69, 9.17) is 9.52 Å². The minimum absolute atomic E-state index is 0.0197. The molecule has 0 bridgehead atoms. The molecule has 0 amide bonds. The van der Waals surface area contributed by atoms with Crippen molar-refractivity contribution in [2.24, 2.45) is 0 Å². The summed E-state index contributed by atoms with van der Waals surface area (Å²) in [5.74, 6) is -0.877. The molecule has 1 aromatic heterocycles. The number of nitrogens with zero attached hydrogens (tertiary/aromatic N) is 1. The van der Waals surface area contributed by atoms with E-state index in [1.54, 1.807) is 0 Å². The van der Waals surface area contributed by atoms with Crippen LogP contribution in [0.2, 0.25) is 0 Å². The van der Waals surface area contributed by atoms with E-state index >= 15 is 0 Å². The van der Waals surface area contributed by atoms with Crippen molar-refractivity contribution in [3.05, 3.63) is 17.8 Å². The predicted octanol–water partition coefficient (Wildman–Crippen LogP) is 0.450. The molecule has 0 radical (unpaired) electrons. The fourth-order valence-electron chi connectivity index (χ4n) is 1.59. The number of oxazole rings is 1. The lowest BCUT2D eigenvalue weighted by Gasteiger charge is -2.03. The third-order valence-electron chi connectivity index (χ3n) is 2.24. The monoisotopic (exact) mass is 182 g/mol. The van der Waals surface area contributed by atoms with Crippen LogP contribution in [0.5, 0.6) is 0 Å². The van der Waals surface area contributed by atoms with Crippen molar-refractivity contribution >= 4 is 5.97 Å². The Bertz CT molecular complexity index is 315. The molecule has 1 aliphatic heterocycles. The zero-order chi connectivity index (χ0) is 9.26. The molecule has 1 aromatic rings.